The smallest absolute Gasteiger partial charge is 0.258 e. The zero-order valence-electron chi connectivity index (χ0n) is 10.9. The van der Waals surface area contributed by atoms with Crippen LogP contribution in [0, 0.1) is 5.92 Å². The number of hydrogen-bond acceptors (Lipinski definition) is 3. The molecule has 0 aromatic heterocycles. The van der Waals surface area contributed by atoms with E-state index in [1.165, 1.54) is 0 Å². The van der Waals surface area contributed by atoms with Crippen LogP contribution in [0.5, 0.6) is 5.75 Å². The Morgan fingerprint density at radius 2 is 2.11 bits per heavy atom. The normalized spacial score (nSPS) is 12.3. The lowest BCUT2D eigenvalue weighted by Crippen LogP contribution is -2.38. The average Bonchev–Trinajstić information content (AvgIpc) is 2.27. The maximum absolute atomic E-state index is 11.6. The number of ether oxygens (including phenoxy) is 1. The Morgan fingerprint density at radius 1 is 1.44 bits per heavy atom. The number of benzene rings is 1. The molecule has 0 spiro atoms. The lowest BCUT2D eigenvalue weighted by Gasteiger charge is -2.17. The Hall–Kier alpha value is -1.42. The molecule has 0 heterocycles. The largest absolute Gasteiger partial charge is 0.482 e. The molecule has 0 saturated heterocycles. The molecule has 0 saturated carbocycles. The van der Waals surface area contributed by atoms with E-state index in [0.29, 0.717) is 22.4 Å². The number of rotatable bonds is 5. The molecule has 0 aliphatic heterocycles. The van der Waals surface area contributed by atoms with Gasteiger partial charge >= 0.3 is 0 Å². The van der Waals surface area contributed by atoms with Gasteiger partial charge in [0.1, 0.15) is 5.75 Å². The number of hydrogen-bond donors (Lipinski definition) is 2. The number of carbonyl (C=O) groups is 1. The maximum Gasteiger partial charge on any atom is 0.258 e. The second-order valence-corrected chi connectivity index (χ2v) is 4.99. The summed E-state index contributed by atoms with van der Waals surface area (Å²) in [5, 5.41) is 3.25. The first kappa shape index (κ1) is 14.6. The van der Waals surface area contributed by atoms with Gasteiger partial charge < -0.3 is 15.8 Å². The van der Waals surface area contributed by atoms with Crippen molar-refractivity contribution in [3.05, 3.63) is 23.2 Å². The van der Waals surface area contributed by atoms with Gasteiger partial charge in [0.2, 0.25) is 0 Å². The quantitative estimate of drug-likeness (QED) is 0.808. The van der Waals surface area contributed by atoms with Crippen LogP contribution in [0.15, 0.2) is 18.2 Å². The summed E-state index contributed by atoms with van der Waals surface area (Å²) in [5.41, 5.74) is 6.12. The lowest BCUT2D eigenvalue weighted by molar-refractivity contribution is -0.123. The Morgan fingerprint density at radius 3 is 2.67 bits per heavy atom. The van der Waals surface area contributed by atoms with E-state index < -0.39 is 0 Å². The van der Waals surface area contributed by atoms with Crippen molar-refractivity contribution < 1.29 is 9.53 Å². The molecular formula is C13H19ClN2O2. The van der Waals surface area contributed by atoms with Crippen LogP contribution in [0.3, 0.4) is 0 Å². The monoisotopic (exact) mass is 270 g/mol. The van der Waals surface area contributed by atoms with E-state index in [1.807, 2.05) is 20.8 Å². The number of nitrogens with one attached hydrogen (secondary N) is 1. The number of anilines is 1. The van der Waals surface area contributed by atoms with Gasteiger partial charge in [-0.1, -0.05) is 25.4 Å². The zero-order valence-corrected chi connectivity index (χ0v) is 11.6. The van der Waals surface area contributed by atoms with Crippen LogP contribution in [0.1, 0.15) is 20.8 Å². The molecule has 1 unspecified atom stereocenters. The number of amides is 1. The Kier molecular flexibility index (Phi) is 5.28. The van der Waals surface area contributed by atoms with Gasteiger partial charge in [-0.2, -0.15) is 0 Å². The van der Waals surface area contributed by atoms with Gasteiger partial charge in [-0.25, -0.2) is 0 Å². The first-order chi connectivity index (χ1) is 8.40. The molecule has 3 N–H and O–H groups in total. The van der Waals surface area contributed by atoms with Crippen LogP contribution in [0.2, 0.25) is 5.02 Å². The van der Waals surface area contributed by atoms with Crippen LogP contribution >= 0.6 is 11.6 Å². The second-order valence-electron chi connectivity index (χ2n) is 4.58. The maximum atomic E-state index is 11.6. The highest BCUT2D eigenvalue weighted by atomic mass is 35.5. The van der Waals surface area contributed by atoms with Crippen molar-refractivity contribution in [3.8, 4) is 5.75 Å². The van der Waals surface area contributed by atoms with E-state index in [1.54, 1.807) is 18.2 Å². The van der Waals surface area contributed by atoms with E-state index in [2.05, 4.69) is 5.32 Å². The second kappa shape index (κ2) is 6.50. The summed E-state index contributed by atoms with van der Waals surface area (Å²) < 4.78 is 5.33. The first-order valence-corrected chi connectivity index (χ1v) is 6.25. The molecule has 0 fully saturated rings. The van der Waals surface area contributed by atoms with Crippen molar-refractivity contribution in [2.75, 3.05) is 12.3 Å². The molecular weight excluding hydrogens is 252 g/mol. The summed E-state index contributed by atoms with van der Waals surface area (Å²) in [7, 11) is 0. The topological polar surface area (TPSA) is 64.3 Å². The van der Waals surface area contributed by atoms with Gasteiger partial charge in [-0.3, -0.25) is 4.79 Å². The molecule has 0 radical (unpaired) electrons. The van der Waals surface area contributed by atoms with Crippen molar-refractivity contribution >= 4 is 23.2 Å². The number of halogens is 1. The summed E-state index contributed by atoms with van der Waals surface area (Å²) in [4.78, 5) is 11.6. The Labute approximate surface area is 112 Å². The first-order valence-electron chi connectivity index (χ1n) is 5.87. The van der Waals surface area contributed by atoms with Gasteiger partial charge in [0, 0.05) is 11.7 Å². The van der Waals surface area contributed by atoms with Gasteiger partial charge in [-0.05, 0) is 31.0 Å². The minimum atomic E-state index is -0.163. The summed E-state index contributed by atoms with van der Waals surface area (Å²) in [5.74, 6) is 0.677. The number of nitrogen functional groups attached to an aromatic ring is 1. The standard InChI is InChI=1S/C13H19ClN2O2/c1-8(2)9(3)16-13(17)7-18-12-5-4-10(15)6-11(12)14/h4-6,8-9H,7,15H2,1-3H3,(H,16,17). The van der Waals surface area contributed by atoms with E-state index in [4.69, 9.17) is 22.1 Å². The van der Waals surface area contributed by atoms with Gasteiger partial charge in [-0.15, -0.1) is 0 Å². The highest BCUT2D eigenvalue weighted by Crippen LogP contribution is 2.26. The fourth-order valence-electron chi connectivity index (χ4n) is 1.24. The van der Waals surface area contributed by atoms with E-state index in [9.17, 15) is 4.79 Å². The van der Waals surface area contributed by atoms with E-state index in [0.717, 1.165) is 0 Å². The third-order valence-corrected chi connectivity index (χ3v) is 3.00. The van der Waals surface area contributed by atoms with Crippen LogP contribution in [-0.4, -0.2) is 18.6 Å². The molecule has 1 aromatic carbocycles. The van der Waals surface area contributed by atoms with Crippen LogP contribution in [-0.2, 0) is 4.79 Å². The minimum absolute atomic E-state index is 0.0549. The Balaban J connectivity index is 2.47. The molecule has 4 nitrogen and oxygen atoms in total. The molecule has 0 bridgehead atoms. The third kappa shape index (κ3) is 4.45. The van der Waals surface area contributed by atoms with Gasteiger partial charge in [0.25, 0.3) is 5.91 Å². The van der Waals surface area contributed by atoms with E-state index in [-0.39, 0.29) is 18.6 Å². The van der Waals surface area contributed by atoms with Crippen LogP contribution < -0.4 is 15.8 Å². The van der Waals surface area contributed by atoms with Crippen molar-refractivity contribution in [2.24, 2.45) is 5.92 Å². The van der Waals surface area contributed by atoms with Crippen molar-refractivity contribution in [1.29, 1.82) is 0 Å². The fraction of sp³-hybridized carbons (Fsp3) is 0.462. The van der Waals surface area contributed by atoms with Gasteiger partial charge in [0.05, 0.1) is 5.02 Å². The molecule has 0 aliphatic rings. The number of carbonyl (C=O) groups excluding carboxylic acids is 1. The summed E-state index contributed by atoms with van der Waals surface area (Å²) in [6, 6.07) is 5.03. The molecule has 0 aliphatic carbocycles. The third-order valence-electron chi connectivity index (χ3n) is 2.70. The molecule has 18 heavy (non-hydrogen) atoms. The predicted molar refractivity (Wildman–Crippen MR) is 73.8 cm³/mol. The molecule has 1 aromatic rings. The highest BCUT2D eigenvalue weighted by molar-refractivity contribution is 6.32. The minimum Gasteiger partial charge on any atom is -0.482 e. The summed E-state index contributed by atoms with van der Waals surface area (Å²) in [6.07, 6.45) is 0. The zero-order chi connectivity index (χ0) is 13.7. The molecule has 1 atom stereocenters. The highest BCUT2D eigenvalue weighted by Gasteiger charge is 2.11. The van der Waals surface area contributed by atoms with Crippen LogP contribution in [0.4, 0.5) is 5.69 Å². The van der Waals surface area contributed by atoms with Crippen molar-refractivity contribution in [1.82, 2.24) is 5.32 Å². The van der Waals surface area contributed by atoms with E-state index >= 15 is 0 Å². The lowest BCUT2D eigenvalue weighted by atomic mass is 10.1. The average molecular weight is 271 g/mol. The molecule has 1 amide bonds. The van der Waals surface area contributed by atoms with Crippen LogP contribution in [0.25, 0.3) is 0 Å². The number of nitrogens with two attached hydrogens (primary N) is 1. The van der Waals surface area contributed by atoms with Crippen molar-refractivity contribution in [3.63, 3.8) is 0 Å². The predicted octanol–water partition coefficient (Wildman–Crippen LogP) is 2.46. The molecule has 100 valence electrons. The summed E-state index contributed by atoms with van der Waals surface area (Å²) >= 11 is 5.93. The van der Waals surface area contributed by atoms with Crippen molar-refractivity contribution in [2.45, 2.75) is 26.8 Å². The molecule has 5 heteroatoms. The van der Waals surface area contributed by atoms with Gasteiger partial charge in [0.15, 0.2) is 6.61 Å². The molecule has 1 rings (SSSR count). The fourth-order valence-corrected chi connectivity index (χ4v) is 1.48. The summed E-state index contributed by atoms with van der Waals surface area (Å²) in [6.45, 7) is 5.99. The Bertz CT molecular complexity index is 421. The SMILES string of the molecule is CC(C)C(C)NC(=O)COc1ccc(N)cc1Cl.